The summed E-state index contributed by atoms with van der Waals surface area (Å²) in [5.74, 6) is -0.274. The number of methoxy groups -OCH3 is 1. The van der Waals surface area contributed by atoms with Crippen LogP contribution in [0.3, 0.4) is 0 Å². The molecule has 0 aromatic carbocycles. The van der Waals surface area contributed by atoms with Crippen molar-refractivity contribution < 1.29 is 33.3 Å². The number of carbonyl (C=O) groups is 3. The Labute approximate surface area is 236 Å². The van der Waals surface area contributed by atoms with Crippen molar-refractivity contribution in [2.24, 2.45) is 11.8 Å². The summed E-state index contributed by atoms with van der Waals surface area (Å²) < 4.78 is 21.9. The Morgan fingerprint density at radius 2 is 1.59 bits per heavy atom. The van der Waals surface area contributed by atoms with Gasteiger partial charge in [0.05, 0.1) is 13.7 Å². The molecule has 4 atom stereocenters. The number of unbranched alkanes of at least 4 members (excludes halogenated alkanes) is 5. The molecule has 1 saturated carbocycles. The molecule has 0 spiro atoms. The fraction of sp³-hybridized carbons (Fsp3) is 0.781. The van der Waals surface area contributed by atoms with E-state index in [1.54, 1.807) is 6.92 Å². The Hall–Kier alpha value is -2.15. The minimum Gasteiger partial charge on any atom is -0.463 e. The number of ether oxygens (including phenoxy) is 4. The van der Waals surface area contributed by atoms with E-state index in [0.717, 1.165) is 38.5 Å². The summed E-state index contributed by atoms with van der Waals surface area (Å²) in [6.45, 7) is 7.97. The van der Waals surface area contributed by atoms with Gasteiger partial charge in [-0.2, -0.15) is 0 Å². The average Bonchev–Trinajstić information content (AvgIpc) is 3.28. The van der Waals surface area contributed by atoms with E-state index in [-0.39, 0.29) is 35.1 Å². The highest BCUT2D eigenvalue weighted by Gasteiger charge is 2.37. The molecular weight excluding hydrogens is 496 g/mol. The summed E-state index contributed by atoms with van der Waals surface area (Å²) in [5.41, 5.74) is 1.67. The molecule has 39 heavy (non-hydrogen) atoms. The molecule has 2 aliphatic rings. The van der Waals surface area contributed by atoms with Crippen molar-refractivity contribution in [1.82, 2.24) is 0 Å². The number of allylic oxidation sites excluding steroid dienone is 3. The van der Waals surface area contributed by atoms with E-state index in [2.05, 4.69) is 19.9 Å². The first-order valence-electron chi connectivity index (χ1n) is 15.1. The first-order valence-corrected chi connectivity index (χ1v) is 15.1. The van der Waals surface area contributed by atoms with Gasteiger partial charge in [0.25, 0.3) is 0 Å². The number of hydrogen-bond acceptors (Lipinski definition) is 7. The monoisotopic (exact) mass is 548 g/mol. The van der Waals surface area contributed by atoms with Gasteiger partial charge >= 0.3 is 11.9 Å². The minimum atomic E-state index is -0.655. The van der Waals surface area contributed by atoms with Gasteiger partial charge in [0.2, 0.25) is 5.76 Å². The maximum atomic E-state index is 13.0. The topological polar surface area (TPSA) is 88.1 Å². The van der Waals surface area contributed by atoms with E-state index >= 15 is 0 Å². The van der Waals surface area contributed by atoms with Gasteiger partial charge in [-0.3, -0.25) is 9.59 Å². The summed E-state index contributed by atoms with van der Waals surface area (Å²) >= 11 is 0. The standard InChI is InChI=1S/C32H52O7/c1-23(2)15-10-8-6-7-9-11-16-26-20-21-29(38-25(4)33)27(26)17-14-18-28(34)24(3)31(32(35)36-5)39-30-19-12-13-22-37-30/h15,26-27,29-30H,6-14,16-22H2,1-5H3/t26-,27+,29+,30?/m0/s1. The summed E-state index contributed by atoms with van der Waals surface area (Å²) in [6, 6.07) is 0. The second-order valence-corrected chi connectivity index (χ2v) is 11.5. The Kier molecular flexibility index (Phi) is 15.5. The third-order valence-electron chi connectivity index (χ3n) is 8.01. The molecule has 222 valence electrons. The van der Waals surface area contributed by atoms with Crippen LogP contribution in [0.5, 0.6) is 0 Å². The van der Waals surface area contributed by atoms with Crippen LogP contribution in [0.2, 0.25) is 0 Å². The lowest BCUT2D eigenvalue weighted by Gasteiger charge is -2.25. The quantitative estimate of drug-likeness (QED) is 0.0616. The average molecular weight is 549 g/mol. The number of esters is 2. The van der Waals surface area contributed by atoms with Crippen LogP contribution in [0.15, 0.2) is 23.0 Å². The third-order valence-corrected chi connectivity index (χ3v) is 8.01. The molecule has 1 heterocycles. The number of carbonyl (C=O) groups excluding carboxylic acids is 3. The van der Waals surface area contributed by atoms with Gasteiger partial charge in [-0.05, 0) is 84.0 Å². The van der Waals surface area contributed by atoms with Gasteiger partial charge in [-0.25, -0.2) is 4.79 Å². The van der Waals surface area contributed by atoms with Crippen molar-refractivity contribution in [3.8, 4) is 0 Å². The van der Waals surface area contributed by atoms with Crippen molar-refractivity contribution in [1.29, 1.82) is 0 Å². The Bertz CT molecular complexity index is 833. The minimum absolute atomic E-state index is 0.0493. The predicted molar refractivity (Wildman–Crippen MR) is 152 cm³/mol. The molecule has 7 nitrogen and oxygen atoms in total. The van der Waals surface area contributed by atoms with E-state index in [0.29, 0.717) is 31.8 Å². The Balaban J connectivity index is 1.88. The van der Waals surface area contributed by atoms with Crippen molar-refractivity contribution in [2.75, 3.05) is 13.7 Å². The van der Waals surface area contributed by atoms with Gasteiger partial charge in [-0.15, -0.1) is 0 Å². The lowest BCUT2D eigenvalue weighted by Crippen LogP contribution is -2.26. The van der Waals surface area contributed by atoms with Crippen molar-refractivity contribution in [3.63, 3.8) is 0 Å². The highest BCUT2D eigenvalue weighted by Crippen LogP contribution is 2.40. The Morgan fingerprint density at radius 3 is 2.26 bits per heavy atom. The number of hydrogen-bond donors (Lipinski definition) is 0. The molecule has 7 heteroatoms. The SMILES string of the molecule is COC(=O)C(OC1CCCCO1)=C(C)C(=O)CCC[C@@H]1[C@@H](CCCCCCCC=C(C)C)CC[C@H]1OC(C)=O. The third kappa shape index (κ3) is 12.3. The number of Topliss-reactive ketones (excluding diaryl/α,β-unsaturated/α-hetero) is 1. The molecule has 2 fully saturated rings. The number of ketones is 1. The zero-order chi connectivity index (χ0) is 28.6. The first kappa shape index (κ1) is 33.1. The fourth-order valence-electron chi connectivity index (χ4n) is 5.85. The molecule has 0 aromatic heterocycles. The van der Waals surface area contributed by atoms with Gasteiger partial charge in [0, 0.05) is 25.3 Å². The molecule has 1 aliphatic heterocycles. The maximum Gasteiger partial charge on any atom is 0.373 e. The molecule has 0 aromatic rings. The van der Waals surface area contributed by atoms with Crippen molar-refractivity contribution in [2.45, 2.75) is 136 Å². The molecule has 0 bridgehead atoms. The van der Waals surface area contributed by atoms with Crippen LogP contribution >= 0.6 is 0 Å². The van der Waals surface area contributed by atoms with E-state index < -0.39 is 12.3 Å². The van der Waals surface area contributed by atoms with Crippen LogP contribution in [0.25, 0.3) is 0 Å². The van der Waals surface area contributed by atoms with E-state index in [1.165, 1.54) is 58.1 Å². The van der Waals surface area contributed by atoms with Crippen LogP contribution in [0.4, 0.5) is 0 Å². The fourth-order valence-corrected chi connectivity index (χ4v) is 5.85. The van der Waals surface area contributed by atoms with E-state index in [4.69, 9.17) is 18.9 Å². The first-order chi connectivity index (χ1) is 18.7. The molecule has 0 radical (unpaired) electrons. The van der Waals surface area contributed by atoms with Crippen LogP contribution in [0.1, 0.15) is 124 Å². The normalized spacial score (nSPS) is 23.5. The second-order valence-electron chi connectivity index (χ2n) is 11.5. The highest BCUT2D eigenvalue weighted by molar-refractivity contribution is 6.02. The molecule has 1 aliphatic carbocycles. The molecule has 0 N–H and O–H groups in total. The van der Waals surface area contributed by atoms with Gasteiger partial charge in [0.1, 0.15) is 6.10 Å². The molecule has 1 unspecified atom stereocenters. The van der Waals surface area contributed by atoms with Crippen molar-refractivity contribution >= 4 is 17.7 Å². The zero-order valence-electron chi connectivity index (χ0n) is 25.1. The summed E-state index contributed by atoms with van der Waals surface area (Å²) in [6.07, 6.45) is 16.6. The van der Waals surface area contributed by atoms with Crippen LogP contribution in [-0.2, 0) is 33.3 Å². The maximum absolute atomic E-state index is 13.0. The predicted octanol–water partition coefficient (Wildman–Crippen LogP) is 7.37. The molecular formula is C32H52O7. The highest BCUT2D eigenvalue weighted by atomic mass is 16.7. The van der Waals surface area contributed by atoms with E-state index in [9.17, 15) is 14.4 Å². The summed E-state index contributed by atoms with van der Waals surface area (Å²) in [4.78, 5) is 37.1. The summed E-state index contributed by atoms with van der Waals surface area (Å²) in [7, 11) is 1.28. The number of rotatable bonds is 17. The van der Waals surface area contributed by atoms with Gasteiger partial charge < -0.3 is 18.9 Å². The molecule has 0 amide bonds. The molecule has 1 saturated heterocycles. The van der Waals surface area contributed by atoms with Crippen LogP contribution in [-0.4, -0.2) is 43.8 Å². The van der Waals surface area contributed by atoms with Gasteiger partial charge in [0.15, 0.2) is 12.1 Å². The second kappa shape index (κ2) is 18.2. The smallest absolute Gasteiger partial charge is 0.373 e. The van der Waals surface area contributed by atoms with Crippen LogP contribution < -0.4 is 0 Å². The molecule has 2 rings (SSSR count). The lowest BCUT2D eigenvalue weighted by atomic mass is 9.85. The Morgan fingerprint density at radius 1 is 0.846 bits per heavy atom. The van der Waals surface area contributed by atoms with Crippen molar-refractivity contribution in [3.05, 3.63) is 23.0 Å². The van der Waals surface area contributed by atoms with Gasteiger partial charge in [-0.1, -0.05) is 43.8 Å². The lowest BCUT2D eigenvalue weighted by molar-refractivity contribution is -0.162. The van der Waals surface area contributed by atoms with E-state index in [1.807, 2.05) is 0 Å². The summed E-state index contributed by atoms with van der Waals surface area (Å²) in [5, 5.41) is 0. The van der Waals surface area contributed by atoms with Crippen LogP contribution in [0, 0.1) is 11.8 Å². The zero-order valence-corrected chi connectivity index (χ0v) is 25.1. The largest absolute Gasteiger partial charge is 0.463 e.